The Morgan fingerprint density at radius 2 is 1.65 bits per heavy atom. The SMILES string of the molecule is N#COc1ccc(-c2cccc3c2C(=O)NC3=O)cc1. The zero-order valence-electron chi connectivity index (χ0n) is 10.2. The molecule has 0 fully saturated rings. The van der Waals surface area contributed by atoms with Gasteiger partial charge in [-0.05, 0) is 29.3 Å². The topological polar surface area (TPSA) is 79.2 Å². The first-order valence-corrected chi connectivity index (χ1v) is 5.86. The van der Waals surface area contributed by atoms with Crippen molar-refractivity contribution < 1.29 is 14.3 Å². The van der Waals surface area contributed by atoms with Crippen LogP contribution in [0.5, 0.6) is 5.75 Å². The number of carbonyl (C=O) groups is 2. The maximum atomic E-state index is 11.8. The molecule has 0 atom stereocenters. The molecule has 0 unspecified atom stereocenters. The average Bonchev–Trinajstić information content (AvgIpc) is 2.76. The van der Waals surface area contributed by atoms with Crippen molar-refractivity contribution in [3.05, 3.63) is 53.6 Å². The van der Waals surface area contributed by atoms with Gasteiger partial charge in [-0.3, -0.25) is 14.9 Å². The molecule has 0 aromatic heterocycles. The molecule has 5 heteroatoms. The van der Waals surface area contributed by atoms with Crippen molar-refractivity contribution in [2.45, 2.75) is 0 Å². The molecule has 2 aromatic carbocycles. The lowest BCUT2D eigenvalue weighted by Crippen LogP contribution is -2.20. The fourth-order valence-electron chi connectivity index (χ4n) is 2.21. The lowest BCUT2D eigenvalue weighted by atomic mass is 9.96. The van der Waals surface area contributed by atoms with Gasteiger partial charge in [0.05, 0.1) is 11.1 Å². The molecule has 20 heavy (non-hydrogen) atoms. The van der Waals surface area contributed by atoms with Gasteiger partial charge in [0.2, 0.25) is 0 Å². The van der Waals surface area contributed by atoms with E-state index in [0.717, 1.165) is 5.56 Å². The molecule has 1 N–H and O–H groups in total. The van der Waals surface area contributed by atoms with Gasteiger partial charge < -0.3 is 4.74 Å². The van der Waals surface area contributed by atoms with Crippen LogP contribution in [0.4, 0.5) is 0 Å². The molecule has 2 aromatic rings. The largest absolute Gasteiger partial charge is 0.388 e. The van der Waals surface area contributed by atoms with Crippen LogP contribution in [0.2, 0.25) is 0 Å². The second kappa shape index (κ2) is 4.52. The van der Waals surface area contributed by atoms with Gasteiger partial charge in [-0.25, -0.2) is 0 Å². The number of ether oxygens (including phenoxy) is 1. The van der Waals surface area contributed by atoms with Gasteiger partial charge in [-0.1, -0.05) is 24.3 Å². The van der Waals surface area contributed by atoms with Crippen LogP contribution in [-0.2, 0) is 0 Å². The number of imide groups is 1. The molecule has 1 aliphatic rings. The van der Waals surface area contributed by atoms with Crippen LogP contribution in [0.25, 0.3) is 11.1 Å². The van der Waals surface area contributed by atoms with E-state index < -0.39 is 5.91 Å². The van der Waals surface area contributed by atoms with Crippen LogP contribution in [0.3, 0.4) is 0 Å². The summed E-state index contributed by atoms with van der Waals surface area (Å²) in [6, 6.07) is 11.9. The van der Waals surface area contributed by atoms with E-state index in [1.807, 2.05) is 0 Å². The van der Waals surface area contributed by atoms with E-state index in [2.05, 4.69) is 5.32 Å². The molecule has 0 saturated carbocycles. The Bertz CT molecular complexity index is 758. The lowest BCUT2D eigenvalue weighted by Gasteiger charge is -2.06. The summed E-state index contributed by atoms with van der Waals surface area (Å²) in [5.41, 5.74) is 2.21. The minimum absolute atomic E-state index is 0.378. The summed E-state index contributed by atoms with van der Waals surface area (Å²) in [6.45, 7) is 0. The van der Waals surface area contributed by atoms with E-state index in [9.17, 15) is 9.59 Å². The van der Waals surface area contributed by atoms with E-state index in [-0.39, 0.29) is 5.91 Å². The number of nitriles is 1. The zero-order valence-corrected chi connectivity index (χ0v) is 10.2. The van der Waals surface area contributed by atoms with E-state index in [1.54, 1.807) is 48.7 Å². The van der Waals surface area contributed by atoms with Gasteiger partial charge >= 0.3 is 0 Å². The number of nitrogens with zero attached hydrogens (tertiary/aromatic N) is 1. The molecule has 0 spiro atoms. The third-order valence-electron chi connectivity index (χ3n) is 3.09. The molecular formula is C15H8N2O3. The highest BCUT2D eigenvalue weighted by Crippen LogP contribution is 2.30. The van der Waals surface area contributed by atoms with Crippen LogP contribution >= 0.6 is 0 Å². The van der Waals surface area contributed by atoms with Crippen LogP contribution in [0.1, 0.15) is 20.7 Å². The van der Waals surface area contributed by atoms with Gasteiger partial charge in [0.15, 0.2) is 0 Å². The molecule has 2 amide bonds. The smallest absolute Gasteiger partial charge is 0.292 e. The van der Waals surface area contributed by atoms with Crippen molar-refractivity contribution in [2.24, 2.45) is 0 Å². The Morgan fingerprint density at radius 3 is 2.35 bits per heavy atom. The van der Waals surface area contributed by atoms with Crippen LogP contribution in [0.15, 0.2) is 42.5 Å². The zero-order chi connectivity index (χ0) is 14.1. The summed E-state index contributed by atoms with van der Waals surface area (Å²) in [4.78, 5) is 23.5. The summed E-state index contributed by atoms with van der Waals surface area (Å²) in [5.74, 6) is -0.349. The van der Waals surface area contributed by atoms with Crippen LogP contribution in [-0.4, -0.2) is 11.8 Å². The maximum absolute atomic E-state index is 11.8. The number of hydrogen-bond donors (Lipinski definition) is 1. The molecule has 96 valence electrons. The molecule has 1 heterocycles. The fraction of sp³-hybridized carbons (Fsp3) is 0. The molecule has 0 aliphatic carbocycles. The number of rotatable bonds is 2. The lowest BCUT2D eigenvalue weighted by molar-refractivity contribution is 0.0880. The molecule has 0 radical (unpaired) electrons. The van der Waals surface area contributed by atoms with E-state index >= 15 is 0 Å². The van der Waals surface area contributed by atoms with E-state index in [1.165, 1.54) is 0 Å². The van der Waals surface area contributed by atoms with Crippen molar-refractivity contribution in [1.82, 2.24) is 5.32 Å². The quantitative estimate of drug-likeness (QED) is 0.665. The monoisotopic (exact) mass is 264 g/mol. The molecular weight excluding hydrogens is 256 g/mol. The number of amides is 2. The third-order valence-corrected chi connectivity index (χ3v) is 3.09. The minimum Gasteiger partial charge on any atom is -0.388 e. The average molecular weight is 264 g/mol. The Morgan fingerprint density at radius 1 is 0.950 bits per heavy atom. The molecule has 5 nitrogen and oxygen atoms in total. The predicted molar refractivity (Wildman–Crippen MR) is 69.9 cm³/mol. The molecule has 3 rings (SSSR count). The van der Waals surface area contributed by atoms with Crippen LogP contribution in [0, 0.1) is 11.5 Å². The number of fused-ring (bicyclic) bond motifs is 1. The van der Waals surface area contributed by atoms with Crippen molar-refractivity contribution in [1.29, 1.82) is 5.26 Å². The molecule has 1 aliphatic heterocycles. The van der Waals surface area contributed by atoms with Crippen molar-refractivity contribution in [2.75, 3.05) is 0 Å². The Kier molecular flexibility index (Phi) is 2.70. The van der Waals surface area contributed by atoms with E-state index in [4.69, 9.17) is 10.00 Å². The highest BCUT2D eigenvalue weighted by Gasteiger charge is 2.29. The standard InChI is InChI=1S/C15H8N2O3/c16-8-20-10-6-4-9(5-7-10)11-2-1-3-12-13(11)15(19)17-14(12)18/h1-7H,(H,17,18,19). The van der Waals surface area contributed by atoms with Gasteiger partial charge in [0.25, 0.3) is 18.1 Å². The normalized spacial score (nSPS) is 12.6. The Balaban J connectivity index is 2.10. The maximum Gasteiger partial charge on any atom is 0.292 e. The van der Waals surface area contributed by atoms with Gasteiger partial charge in [-0.2, -0.15) is 0 Å². The summed E-state index contributed by atoms with van der Waals surface area (Å²) < 4.78 is 4.70. The van der Waals surface area contributed by atoms with Crippen LogP contribution < -0.4 is 10.1 Å². The summed E-state index contributed by atoms with van der Waals surface area (Å²) >= 11 is 0. The summed E-state index contributed by atoms with van der Waals surface area (Å²) in [6.07, 6.45) is 1.59. The first kappa shape index (κ1) is 11.9. The number of carbonyl (C=O) groups excluding carboxylic acids is 2. The fourth-order valence-corrected chi connectivity index (χ4v) is 2.21. The second-order valence-electron chi connectivity index (χ2n) is 4.23. The Labute approximate surface area is 114 Å². The minimum atomic E-state index is -0.391. The van der Waals surface area contributed by atoms with Gasteiger partial charge in [0.1, 0.15) is 5.75 Å². The summed E-state index contributed by atoms with van der Waals surface area (Å²) in [5, 5.41) is 10.7. The van der Waals surface area contributed by atoms with E-state index in [0.29, 0.717) is 22.4 Å². The second-order valence-corrected chi connectivity index (χ2v) is 4.23. The molecule has 0 saturated heterocycles. The van der Waals surface area contributed by atoms with Crippen molar-refractivity contribution in [3.63, 3.8) is 0 Å². The summed E-state index contributed by atoms with van der Waals surface area (Å²) in [7, 11) is 0. The first-order valence-electron chi connectivity index (χ1n) is 5.86. The third kappa shape index (κ3) is 1.80. The Hall–Kier alpha value is -3.13. The first-order chi connectivity index (χ1) is 9.70. The number of nitrogens with one attached hydrogen (secondary N) is 1. The van der Waals surface area contributed by atoms with Crippen molar-refractivity contribution in [3.8, 4) is 23.1 Å². The highest BCUT2D eigenvalue weighted by molar-refractivity contribution is 6.24. The number of benzene rings is 2. The van der Waals surface area contributed by atoms with Gasteiger partial charge in [0, 0.05) is 0 Å². The van der Waals surface area contributed by atoms with Crippen molar-refractivity contribution >= 4 is 11.8 Å². The molecule has 0 bridgehead atoms. The predicted octanol–water partition coefficient (Wildman–Crippen LogP) is 2.10. The highest BCUT2D eigenvalue weighted by atomic mass is 16.5. The number of hydrogen-bond acceptors (Lipinski definition) is 4. The van der Waals surface area contributed by atoms with Gasteiger partial charge in [-0.15, -0.1) is 5.26 Å².